The Labute approximate surface area is 134 Å². The van der Waals surface area contributed by atoms with E-state index in [-0.39, 0.29) is 12.1 Å². The van der Waals surface area contributed by atoms with Crippen LogP contribution in [-0.4, -0.2) is 15.6 Å². The Hall–Kier alpha value is -3.02. The fourth-order valence-electron chi connectivity index (χ4n) is 2.28. The third-order valence-corrected chi connectivity index (χ3v) is 3.52. The van der Waals surface area contributed by atoms with E-state index in [9.17, 15) is 4.79 Å². The molecule has 1 atom stereocenters. The zero-order valence-electron chi connectivity index (χ0n) is 12.8. The average molecular weight is 310 g/mol. The molecule has 0 saturated carbocycles. The third kappa shape index (κ3) is 3.79. The number of urea groups is 1. The average Bonchev–Trinajstić information content (AvgIpc) is 3.26. The molecule has 0 radical (unpaired) electrons. The van der Waals surface area contributed by atoms with Crippen LogP contribution in [0.15, 0.2) is 65.8 Å². The predicted molar refractivity (Wildman–Crippen MR) is 86.1 cm³/mol. The number of amides is 2. The van der Waals surface area contributed by atoms with Crippen molar-refractivity contribution in [2.75, 3.05) is 0 Å². The molecule has 2 amide bonds. The van der Waals surface area contributed by atoms with E-state index in [1.807, 2.05) is 48.0 Å². The molecule has 1 aromatic carbocycles. The third-order valence-electron chi connectivity index (χ3n) is 3.52. The number of benzene rings is 1. The van der Waals surface area contributed by atoms with Gasteiger partial charge in [-0.3, -0.25) is 0 Å². The molecule has 0 unspecified atom stereocenters. The van der Waals surface area contributed by atoms with Crippen LogP contribution in [0.1, 0.15) is 24.3 Å². The van der Waals surface area contributed by atoms with Crippen LogP contribution in [0.5, 0.6) is 0 Å². The minimum atomic E-state index is -0.234. The van der Waals surface area contributed by atoms with Gasteiger partial charge in [0, 0.05) is 18.1 Å². The Kier molecular flexibility index (Phi) is 4.42. The van der Waals surface area contributed by atoms with E-state index in [2.05, 4.69) is 15.6 Å². The second kappa shape index (κ2) is 6.83. The molecule has 6 heteroatoms. The van der Waals surface area contributed by atoms with E-state index < -0.39 is 0 Å². The molecule has 3 aromatic rings. The Bertz CT molecular complexity index is 751. The van der Waals surface area contributed by atoms with Crippen LogP contribution in [0.4, 0.5) is 4.79 Å². The van der Waals surface area contributed by atoms with Gasteiger partial charge in [0.2, 0.25) is 0 Å². The highest BCUT2D eigenvalue weighted by atomic mass is 16.3. The fourth-order valence-corrected chi connectivity index (χ4v) is 2.28. The molecule has 118 valence electrons. The molecule has 3 rings (SSSR count). The standard InChI is InChI=1S/C17H18N4O2/c1-13(20-17(22)19-11-16-6-3-9-23-16)14-4-2-5-15(10-14)21-8-7-18-12-21/h2-10,12-13H,11H2,1H3,(H2,19,20,22)/t13-/m0/s1. The molecule has 6 nitrogen and oxygen atoms in total. The minimum absolute atomic E-state index is 0.116. The summed E-state index contributed by atoms with van der Waals surface area (Å²) in [5.41, 5.74) is 2.02. The first-order chi connectivity index (χ1) is 11.2. The first kappa shape index (κ1) is 14.9. The minimum Gasteiger partial charge on any atom is -0.467 e. The summed E-state index contributed by atoms with van der Waals surface area (Å²) in [4.78, 5) is 16.0. The normalized spacial score (nSPS) is 11.9. The first-order valence-corrected chi connectivity index (χ1v) is 7.37. The Balaban J connectivity index is 1.60. The second-order valence-electron chi connectivity index (χ2n) is 5.19. The molecular formula is C17H18N4O2. The molecule has 0 aliphatic heterocycles. The van der Waals surface area contributed by atoms with Crippen LogP contribution in [-0.2, 0) is 6.54 Å². The summed E-state index contributed by atoms with van der Waals surface area (Å²) in [6.45, 7) is 2.31. The van der Waals surface area contributed by atoms with Crippen LogP contribution in [0.25, 0.3) is 5.69 Å². The molecule has 0 saturated heterocycles. The smallest absolute Gasteiger partial charge is 0.315 e. The summed E-state index contributed by atoms with van der Waals surface area (Å²) in [5.74, 6) is 0.718. The molecule has 0 bridgehead atoms. The topological polar surface area (TPSA) is 72.1 Å². The van der Waals surface area contributed by atoms with E-state index in [0.29, 0.717) is 6.54 Å². The molecular weight excluding hydrogens is 292 g/mol. The Morgan fingerprint density at radius 1 is 1.35 bits per heavy atom. The van der Waals surface area contributed by atoms with Crippen LogP contribution in [0.2, 0.25) is 0 Å². The maximum Gasteiger partial charge on any atom is 0.315 e. The van der Waals surface area contributed by atoms with Crippen molar-refractivity contribution in [3.8, 4) is 5.69 Å². The van der Waals surface area contributed by atoms with Crippen LogP contribution < -0.4 is 10.6 Å². The van der Waals surface area contributed by atoms with Gasteiger partial charge in [0.15, 0.2) is 0 Å². The largest absolute Gasteiger partial charge is 0.467 e. The van der Waals surface area contributed by atoms with Gasteiger partial charge < -0.3 is 19.6 Å². The quantitative estimate of drug-likeness (QED) is 0.761. The van der Waals surface area contributed by atoms with Gasteiger partial charge in [-0.25, -0.2) is 9.78 Å². The summed E-state index contributed by atoms with van der Waals surface area (Å²) in [6.07, 6.45) is 6.94. The fraction of sp³-hybridized carbons (Fsp3) is 0.176. The van der Waals surface area contributed by atoms with Gasteiger partial charge in [-0.2, -0.15) is 0 Å². The zero-order valence-corrected chi connectivity index (χ0v) is 12.8. The van der Waals surface area contributed by atoms with Crippen LogP contribution >= 0.6 is 0 Å². The second-order valence-corrected chi connectivity index (χ2v) is 5.19. The van der Waals surface area contributed by atoms with E-state index in [0.717, 1.165) is 17.0 Å². The summed E-state index contributed by atoms with van der Waals surface area (Å²) in [7, 11) is 0. The number of carbonyl (C=O) groups excluding carboxylic acids is 1. The molecule has 0 aliphatic rings. The number of aromatic nitrogens is 2. The van der Waals surface area contributed by atoms with Crippen molar-refractivity contribution < 1.29 is 9.21 Å². The lowest BCUT2D eigenvalue weighted by atomic mass is 10.1. The maximum absolute atomic E-state index is 12.0. The Morgan fingerprint density at radius 3 is 3.00 bits per heavy atom. The highest BCUT2D eigenvalue weighted by Gasteiger charge is 2.10. The van der Waals surface area contributed by atoms with Gasteiger partial charge >= 0.3 is 6.03 Å². The summed E-state index contributed by atoms with van der Waals surface area (Å²) in [5, 5.41) is 5.68. The van der Waals surface area contributed by atoms with Gasteiger partial charge in [0.1, 0.15) is 5.76 Å². The molecule has 23 heavy (non-hydrogen) atoms. The van der Waals surface area contributed by atoms with Crippen LogP contribution in [0.3, 0.4) is 0 Å². The lowest BCUT2D eigenvalue weighted by Crippen LogP contribution is -2.36. The van der Waals surface area contributed by atoms with E-state index >= 15 is 0 Å². The van der Waals surface area contributed by atoms with Gasteiger partial charge in [0.05, 0.1) is 25.2 Å². The van der Waals surface area contributed by atoms with Gasteiger partial charge in [-0.1, -0.05) is 12.1 Å². The van der Waals surface area contributed by atoms with Crippen molar-refractivity contribution in [1.29, 1.82) is 0 Å². The predicted octanol–water partition coefficient (Wildman–Crippen LogP) is 3.03. The maximum atomic E-state index is 12.0. The lowest BCUT2D eigenvalue weighted by molar-refractivity contribution is 0.236. The van der Waals surface area contributed by atoms with Crippen molar-refractivity contribution in [1.82, 2.24) is 20.2 Å². The number of furan rings is 1. The summed E-state index contributed by atoms with van der Waals surface area (Å²) >= 11 is 0. The number of carbonyl (C=O) groups is 1. The number of imidazole rings is 1. The van der Waals surface area contributed by atoms with Gasteiger partial charge in [-0.15, -0.1) is 0 Å². The molecule has 0 spiro atoms. The molecule has 2 aromatic heterocycles. The SMILES string of the molecule is C[C@H](NC(=O)NCc1ccco1)c1cccc(-n2ccnc2)c1. The van der Waals surface area contributed by atoms with Crippen molar-refractivity contribution in [2.24, 2.45) is 0 Å². The number of rotatable bonds is 5. The van der Waals surface area contributed by atoms with Crippen molar-refractivity contribution in [3.63, 3.8) is 0 Å². The first-order valence-electron chi connectivity index (χ1n) is 7.37. The molecule has 2 N–H and O–H groups in total. The highest BCUT2D eigenvalue weighted by Crippen LogP contribution is 2.16. The highest BCUT2D eigenvalue weighted by molar-refractivity contribution is 5.74. The van der Waals surface area contributed by atoms with Gasteiger partial charge in [-0.05, 0) is 36.8 Å². The van der Waals surface area contributed by atoms with Crippen molar-refractivity contribution in [3.05, 3.63) is 72.7 Å². The number of nitrogens with one attached hydrogen (secondary N) is 2. The van der Waals surface area contributed by atoms with Crippen molar-refractivity contribution in [2.45, 2.75) is 19.5 Å². The summed E-state index contributed by atoms with van der Waals surface area (Å²) in [6, 6.07) is 11.2. The monoisotopic (exact) mass is 310 g/mol. The van der Waals surface area contributed by atoms with Crippen LogP contribution in [0, 0.1) is 0 Å². The van der Waals surface area contributed by atoms with E-state index in [1.165, 1.54) is 0 Å². The van der Waals surface area contributed by atoms with E-state index in [4.69, 9.17) is 4.42 Å². The van der Waals surface area contributed by atoms with Gasteiger partial charge in [0.25, 0.3) is 0 Å². The van der Waals surface area contributed by atoms with E-state index in [1.54, 1.807) is 24.9 Å². The molecule has 0 fully saturated rings. The van der Waals surface area contributed by atoms with Crippen molar-refractivity contribution >= 4 is 6.03 Å². The number of hydrogen-bond acceptors (Lipinski definition) is 3. The number of nitrogens with zero attached hydrogens (tertiary/aromatic N) is 2. The lowest BCUT2D eigenvalue weighted by Gasteiger charge is -2.16. The molecule has 2 heterocycles. The number of hydrogen-bond donors (Lipinski definition) is 2. The Morgan fingerprint density at radius 2 is 2.26 bits per heavy atom. The molecule has 0 aliphatic carbocycles. The zero-order chi connectivity index (χ0) is 16.1. The summed E-state index contributed by atoms with van der Waals surface area (Å²) < 4.78 is 7.10.